The molecule has 0 aliphatic carbocycles. The van der Waals surface area contributed by atoms with Crippen molar-refractivity contribution in [3.05, 3.63) is 55.1 Å². The lowest BCUT2D eigenvalue weighted by Crippen LogP contribution is -2.41. The Hall–Kier alpha value is -2.33. The van der Waals surface area contributed by atoms with Crippen molar-refractivity contribution in [3.63, 3.8) is 0 Å². The molecule has 25 heavy (non-hydrogen) atoms. The number of nitrogens with zero attached hydrogens (tertiary/aromatic N) is 1. The minimum absolute atomic E-state index is 0.0543. The van der Waals surface area contributed by atoms with Crippen LogP contribution in [0.4, 0.5) is 0 Å². The van der Waals surface area contributed by atoms with E-state index in [0.717, 1.165) is 43.7 Å². The normalized spacial score (nSPS) is 15.3. The van der Waals surface area contributed by atoms with E-state index in [0.29, 0.717) is 12.5 Å². The highest BCUT2D eigenvalue weighted by Gasteiger charge is 2.23. The van der Waals surface area contributed by atoms with Crippen LogP contribution in [0.5, 0.6) is 5.75 Å². The Balaban J connectivity index is 1.45. The Bertz CT molecular complexity index is 720. The van der Waals surface area contributed by atoms with Gasteiger partial charge in [-0.25, -0.2) is 0 Å². The first-order valence-electron chi connectivity index (χ1n) is 8.84. The van der Waals surface area contributed by atoms with Gasteiger partial charge in [-0.15, -0.1) is 6.58 Å². The van der Waals surface area contributed by atoms with E-state index in [1.807, 2.05) is 41.3 Å². The van der Waals surface area contributed by atoms with Crippen LogP contribution in [0.2, 0.25) is 0 Å². The van der Waals surface area contributed by atoms with Gasteiger partial charge in [-0.1, -0.05) is 36.4 Å². The van der Waals surface area contributed by atoms with Crippen LogP contribution in [0.1, 0.15) is 12.8 Å². The minimum Gasteiger partial charge on any atom is -0.484 e. The third-order valence-electron chi connectivity index (χ3n) is 4.64. The first-order chi connectivity index (χ1) is 12.3. The van der Waals surface area contributed by atoms with E-state index < -0.39 is 0 Å². The smallest absolute Gasteiger partial charge is 0.260 e. The zero-order valence-electron chi connectivity index (χ0n) is 14.5. The van der Waals surface area contributed by atoms with E-state index in [9.17, 15) is 4.79 Å². The van der Waals surface area contributed by atoms with Crippen molar-refractivity contribution < 1.29 is 14.3 Å². The number of amides is 1. The van der Waals surface area contributed by atoms with Crippen molar-refractivity contribution in [1.29, 1.82) is 0 Å². The molecule has 0 bridgehead atoms. The van der Waals surface area contributed by atoms with Gasteiger partial charge in [0.05, 0.1) is 6.61 Å². The maximum absolute atomic E-state index is 12.4. The average molecular weight is 339 g/mol. The monoisotopic (exact) mass is 339 g/mol. The highest BCUT2D eigenvalue weighted by atomic mass is 16.5. The molecule has 1 saturated heterocycles. The fourth-order valence-corrected chi connectivity index (χ4v) is 3.16. The van der Waals surface area contributed by atoms with Crippen LogP contribution in [0, 0.1) is 5.92 Å². The summed E-state index contributed by atoms with van der Waals surface area (Å²) in [6, 6.07) is 14.0. The number of ether oxygens (including phenoxy) is 2. The lowest BCUT2D eigenvalue weighted by atomic mass is 9.98. The van der Waals surface area contributed by atoms with Crippen LogP contribution in [-0.4, -0.2) is 43.7 Å². The zero-order chi connectivity index (χ0) is 17.5. The second-order valence-electron chi connectivity index (χ2n) is 6.45. The molecule has 0 radical (unpaired) electrons. The summed E-state index contributed by atoms with van der Waals surface area (Å²) >= 11 is 0. The summed E-state index contributed by atoms with van der Waals surface area (Å²) in [7, 11) is 0. The summed E-state index contributed by atoms with van der Waals surface area (Å²) in [5, 5.41) is 2.29. The Labute approximate surface area is 149 Å². The number of carbonyl (C=O) groups excluding carboxylic acids is 1. The van der Waals surface area contributed by atoms with Gasteiger partial charge in [-0.2, -0.15) is 0 Å². The Morgan fingerprint density at radius 2 is 1.92 bits per heavy atom. The summed E-state index contributed by atoms with van der Waals surface area (Å²) in [4.78, 5) is 14.3. The second-order valence-corrected chi connectivity index (χ2v) is 6.45. The molecule has 1 fully saturated rings. The van der Waals surface area contributed by atoms with Gasteiger partial charge in [-0.05, 0) is 41.7 Å². The van der Waals surface area contributed by atoms with Crippen molar-refractivity contribution in [2.75, 3.05) is 32.9 Å². The third-order valence-corrected chi connectivity index (χ3v) is 4.64. The van der Waals surface area contributed by atoms with Gasteiger partial charge in [0, 0.05) is 19.7 Å². The fraction of sp³-hybridized carbons (Fsp3) is 0.381. The molecule has 1 amide bonds. The van der Waals surface area contributed by atoms with Crippen LogP contribution in [0.15, 0.2) is 55.1 Å². The topological polar surface area (TPSA) is 38.8 Å². The SMILES string of the molecule is C=CCOCC1CCN(C(=O)COc2ccc3ccccc3c2)CC1. The van der Waals surface area contributed by atoms with Crippen LogP contribution < -0.4 is 4.74 Å². The molecular weight excluding hydrogens is 314 g/mol. The largest absolute Gasteiger partial charge is 0.484 e. The van der Waals surface area contributed by atoms with Gasteiger partial charge in [0.2, 0.25) is 0 Å². The summed E-state index contributed by atoms with van der Waals surface area (Å²) in [5.41, 5.74) is 0. The molecule has 1 aliphatic rings. The number of hydrogen-bond acceptors (Lipinski definition) is 3. The molecule has 0 atom stereocenters. The van der Waals surface area contributed by atoms with E-state index in [2.05, 4.69) is 12.6 Å². The van der Waals surface area contributed by atoms with Crippen LogP contribution in [0.3, 0.4) is 0 Å². The van der Waals surface area contributed by atoms with E-state index >= 15 is 0 Å². The quantitative estimate of drug-likeness (QED) is 0.571. The van der Waals surface area contributed by atoms with E-state index in [4.69, 9.17) is 9.47 Å². The van der Waals surface area contributed by atoms with Crippen LogP contribution >= 0.6 is 0 Å². The van der Waals surface area contributed by atoms with Crippen molar-refractivity contribution in [2.24, 2.45) is 5.92 Å². The molecule has 0 spiro atoms. The molecule has 1 aliphatic heterocycles. The Kier molecular flexibility index (Phi) is 6.07. The van der Waals surface area contributed by atoms with Crippen molar-refractivity contribution in [3.8, 4) is 5.75 Å². The standard InChI is InChI=1S/C21H25NO3/c1-2-13-24-15-17-9-11-22(12-10-17)21(23)16-25-20-8-7-18-5-3-4-6-19(18)14-20/h2-8,14,17H,1,9-13,15-16H2. The van der Waals surface area contributed by atoms with E-state index in [1.54, 1.807) is 6.08 Å². The van der Waals surface area contributed by atoms with Crippen LogP contribution in [0.25, 0.3) is 10.8 Å². The van der Waals surface area contributed by atoms with Gasteiger partial charge in [0.25, 0.3) is 5.91 Å². The first kappa shape index (κ1) is 17.5. The number of rotatable bonds is 7. The predicted molar refractivity (Wildman–Crippen MR) is 99.8 cm³/mol. The summed E-state index contributed by atoms with van der Waals surface area (Å²) in [5.74, 6) is 1.32. The highest BCUT2D eigenvalue weighted by Crippen LogP contribution is 2.21. The predicted octanol–water partition coefficient (Wildman–Crippen LogP) is 3.66. The number of likely N-dealkylation sites (tertiary alicyclic amines) is 1. The van der Waals surface area contributed by atoms with Gasteiger partial charge in [-0.3, -0.25) is 4.79 Å². The van der Waals surface area contributed by atoms with Crippen molar-refractivity contribution in [2.45, 2.75) is 12.8 Å². The summed E-state index contributed by atoms with van der Waals surface area (Å²) in [6.07, 6.45) is 3.74. The summed E-state index contributed by atoms with van der Waals surface area (Å²) < 4.78 is 11.2. The third kappa shape index (κ3) is 4.83. The van der Waals surface area contributed by atoms with E-state index in [1.165, 1.54) is 5.39 Å². The lowest BCUT2D eigenvalue weighted by molar-refractivity contribution is -0.135. The average Bonchev–Trinajstić information content (AvgIpc) is 2.66. The van der Waals surface area contributed by atoms with Gasteiger partial charge in [0.1, 0.15) is 5.75 Å². The van der Waals surface area contributed by atoms with Crippen molar-refractivity contribution in [1.82, 2.24) is 4.90 Å². The maximum atomic E-state index is 12.4. The van der Waals surface area contributed by atoms with Crippen molar-refractivity contribution >= 4 is 16.7 Å². The molecular formula is C21H25NO3. The molecule has 0 saturated carbocycles. The molecule has 3 rings (SSSR count). The Morgan fingerprint density at radius 1 is 1.16 bits per heavy atom. The molecule has 0 unspecified atom stereocenters. The molecule has 0 N–H and O–H groups in total. The number of carbonyl (C=O) groups is 1. The second kappa shape index (κ2) is 8.67. The fourth-order valence-electron chi connectivity index (χ4n) is 3.16. The zero-order valence-corrected chi connectivity index (χ0v) is 14.5. The number of piperidine rings is 1. The molecule has 2 aromatic rings. The maximum Gasteiger partial charge on any atom is 0.260 e. The number of hydrogen-bond donors (Lipinski definition) is 0. The lowest BCUT2D eigenvalue weighted by Gasteiger charge is -2.31. The minimum atomic E-state index is 0.0543. The van der Waals surface area contributed by atoms with Crippen LogP contribution in [-0.2, 0) is 9.53 Å². The van der Waals surface area contributed by atoms with Gasteiger partial charge < -0.3 is 14.4 Å². The van der Waals surface area contributed by atoms with Gasteiger partial charge in [0.15, 0.2) is 6.61 Å². The molecule has 4 nitrogen and oxygen atoms in total. The van der Waals surface area contributed by atoms with E-state index in [-0.39, 0.29) is 12.5 Å². The highest BCUT2D eigenvalue weighted by molar-refractivity contribution is 5.84. The molecule has 132 valence electrons. The first-order valence-corrected chi connectivity index (χ1v) is 8.84. The van der Waals surface area contributed by atoms with Gasteiger partial charge >= 0.3 is 0 Å². The molecule has 2 aromatic carbocycles. The Morgan fingerprint density at radius 3 is 2.68 bits per heavy atom. The molecule has 0 aromatic heterocycles. The molecule has 1 heterocycles. The number of benzene rings is 2. The number of fused-ring (bicyclic) bond motifs is 1. The molecule has 4 heteroatoms. The summed E-state index contributed by atoms with van der Waals surface area (Å²) in [6.45, 7) is 6.65.